The number of benzene rings is 1. The van der Waals surface area contributed by atoms with Crippen LogP contribution >= 0.6 is 7.75 Å². The average Bonchev–Trinajstić information content (AvgIpc) is 3.59. The van der Waals surface area contributed by atoms with Crippen LogP contribution in [-0.2, 0) is 29.8 Å². The van der Waals surface area contributed by atoms with E-state index in [1.54, 1.807) is 14.1 Å². The molecule has 1 aliphatic rings. The maximum Gasteiger partial charge on any atom is 0.330 e. The lowest BCUT2D eigenvalue weighted by Gasteiger charge is -2.27. The highest BCUT2D eigenvalue weighted by molar-refractivity contribution is 7.49. The molecule has 4 rings (SSSR count). The highest BCUT2D eigenvalue weighted by Crippen LogP contribution is 2.41. The van der Waals surface area contributed by atoms with Crippen molar-refractivity contribution < 1.29 is 33.4 Å². The van der Waals surface area contributed by atoms with Crippen molar-refractivity contribution in [3.63, 3.8) is 0 Å². The number of hydrogen-bond acceptors (Lipinski definition) is 12. The van der Waals surface area contributed by atoms with Gasteiger partial charge in [-0.05, 0) is 37.1 Å². The molecule has 4 atom stereocenters. The Kier molecular flexibility index (Phi) is 10.2. The molecule has 3 aromatic rings. The lowest BCUT2D eigenvalue weighted by atomic mass is 10.1. The third kappa shape index (κ3) is 8.01. The third-order valence-electron chi connectivity index (χ3n) is 6.67. The predicted octanol–water partition coefficient (Wildman–Crippen LogP) is 0.334. The highest BCUT2D eigenvalue weighted by Gasteiger charge is 2.36. The van der Waals surface area contributed by atoms with E-state index in [2.05, 4.69) is 32.4 Å². The molecule has 0 aliphatic carbocycles. The van der Waals surface area contributed by atoms with Crippen LogP contribution in [0.2, 0.25) is 0 Å². The Hall–Kier alpha value is -4.19. The zero-order valence-corrected chi connectivity index (χ0v) is 24.6. The summed E-state index contributed by atoms with van der Waals surface area (Å²) in [7, 11) is -0.931. The molecule has 1 fully saturated rings. The molecule has 0 radical (unpaired) electrons. The summed E-state index contributed by atoms with van der Waals surface area (Å²) >= 11 is 0. The fraction of sp³-hybridized carbons (Fsp3) is 0.407. The van der Waals surface area contributed by atoms with Gasteiger partial charge in [0.25, 0.3) is 5.56 Å². The Morgan fingerprint density at radius 1 is 1.28 bits per heavy atom. The Bertz CT molecular complexity index is 1670. The number of nitrogens with zero attached hydrogens (tertiary/aromatic N) is 3. The second-order valence-corrected chi connectivity index (χ2v) is 11.2. The molecule has 2 aromatic heterocycles. The lowest BCUT2D eigenvalue weighted by molar-refractivity contribution is -0.205. The number of aliphatic hydroxyl groups excluding tert-OH is 1. The monoisotopic (exact) mass is 615 g/mol. The molecular weight excluding hydrogens is 583 g/mol. The van der Waals surface area contributed by atoms with Gasteiger partial charge in [0.1, 0.15) is 23.7 Å². The number of carbonyl (C=O) groups is 1. The number of anilines is 2. The maximum atomic E-state index is 12.5. The summed E-state index contributed by atoms with van der Waals surface area (Å²) in [5.41, 5.74) is 1.08. The van der Waals surface area contributed by atoms with Crippen LogP contribution in [0.25, 0.3) is 0 Å². The molecule has 43 heavy (non-hydrogen) atoms. The van der Waals surface area contributed by atoms with Crippen molar-refractivity contribution in [2.24, 2.45) is 0 Å². The number of H-pyrrole nitrogens is 1. The second kappa shape index (κ2) is 13.9. The third-order valence-corrected chi connectivity index (χ3v) is 8.09. The molecule has 15 nitrogen and oxygen atoms in total. The molecule has 0 saturated carbocycles. The first-order chi connectivity index (χ1) is 20.5. The van der Waals surface area contributed by atoms with Gasteiger partial charge < -0.3 is 34.6 Å². The van der Waals surface area contributed by atoms with E-state index in [0.29, 0.717) is 6.42 Å². The summed E-state index contributed by atoms with van der Waals surface area (Å²) in [6, 6.07) is 5.80. The highest BCUT2D eigenvalue weighted by atomic mass is 31.2. The fourth-order valence-electron chi connectivity index (χ4n) is 4.38. The fourth-order valence-corrected chi connectivity index (χ4v) is 5.46. The quantitative estimate of drug-likeness (QED) is 0.131. The number of aliphatic hydroxyl groups is 1. The van der Waals surface area contributed by atoms with E-state index in [1.165, 1.54) is 19.3 Å². The first-order valence-corrected chi connectivity index (χ1v) is 14.8. The van der Waals surface area contributed by atoms with E-state index in [1.807, 2.05) is 18.2 Å². The zero-order chi connectivity index (χ0) is 31.1. The minimum Gasteiger partial charge on any atom is -0.761 e. The van der Waals surface area contributed by atoms with E-state index in [9.17, 15) is 28.9 Å². The number of ether oxygens (including phenoxy) is 2. The molecule has 4 N–H and O–H groups in total. The van der Waals surface area contributed by atoms with Gasteiger partial charge in [-0.1, -0.05) is 11.8 Å². The molecule has 2 unspecified atom stereocenters. The Morgan fingerprint density at radius 2 is 2.00 bits per heavy atom. The summed E-state index contributed by atoms with van der Waals surface area (Å²) in [6.45, 7) is 0.701. The van der Waals surface area contributed by atoms with Gasteiger partial charge in [0.15, 0.2) is 6.61 Å². The van der Waals surface area contributed by atoms with Gasteiger partial charge in [0, 0.05) is 56.9 Å². The van der Waals surface area contributed by atoms with Crippen LogP contribution < -0.4 is 26.8 Å². The molecule has 0 spiro atoms. The minimum absolute atomic E-state index is 0.0786. The van der Waals surface area contributed by atoms with Crippen LogP contribution in [0.1, 0.15) is 36.0 Å². The van der Waals surface area contributed by atoms with Crippen molar-refractivity contribution in [2.75, 3.05) is 37.9 Å². The first-order valence-electron chi connectivity index (χ1n) is 13.3. The molecule has 230 valence electrons. The summed E-state index contributed by atoms with van der Waals surface area (Å²) in [6.07, 6.45) is 0.932. The van der Waals surface area contributed by atoms with Gasteiger partial charge in [-0.25, -0.2) is 9.78 Å². The lowest BCUT2D eigenvalue weighted by Crippen LogP contribution is -2.34. The molecule has 0 amide bonds. The van der Waals surface area contributed by atoms with Crippen molar-refractivity contribution in [3.05, 3.63) is 74.6 Å². The Morgan fingerprint density at radius 3 is 2.65 bits per heavy atom. The van der Waals surface area contributed by atoms with Gasteiger partial charge in [0.05, 0.1) is 12.7 Å². The van der Waals surface area contributed by atoms with Crippen LogP contribution in [0.4, 0.5) is 11.4 Å². The summed E-state index contributed by atoms with van der Waals surface area (Å²) < 4.78 is 30.2. The van der Waals surface area contributed by atoms with Crippen molar-refractivity contribution in [1.29, 1.82) is 0 Å². The number of nitrogens with one attached hydrogen (secondary N) is 3. The smallest absolute Gasteiger partial charge is 0.330 e. The van der Waals surface area contributed by atoms with Gasteiger partial charge in [0.2, 0.25) is 7.75 Å². The predicted molar refractivity (Wildman–Crippen MR) is 153 cm³/mol. The number of aromatic amines is 1. The molecule has 1 saturated heterocycles. The Labute approximate surface area is 246 Å². The molecule has 3 heterocycles. The van der Waals surface area contributed by atoms with E-state index >= 15 is 0 Å². The number of hydrogen-bond donors (Lipinski definition) is 4. The van der Waals surface area contributed by atoms with E-state index in [4.69, 9.17) is 14.0 Å². The molecule has 0 bridgehead atoms. The molecular formula is C27H32N6O9P-. The SMILES string of the molecule is CNc1cc(CCC(=O)OCC#Cc2cn([C@H]3CC(O)[C@@H](COP(=O)([O-])n4ccnc4C)O3)c(=O)[nH]c2=O)cc(NC)c1. The number of imidazole rings is 1. The molecule has 1 aromatic carbocycles. The number of esters is 1. The summed E-state index contributed by atoms with van der Waals surface area (Å²) in [4.78, 5) is 55.4. The van der Waals surface area contributed by atoms with Crippen molar-refractivity contribution >= 4 is 25.1 Å². The number of rotatable bonds is 11. The standard InChI is InChI=1S/C27H33N6O9P/c1-17-30-8-9-33(17)43(38,39)41-16-23-22(34)14-24(42-23)32-15-19(26(36)31-27(32)37)5-4-10-40-25(35)7-6-18-11-20(28-2)13-21(12-18)29-3/h8-9,11-13,15,22-24,28-29,34H,6-7,10,14,16H2,1-3H3,(H,38,39)(H,31,36,37)/p-1/t22?,23-,24-/m1/s1. The topological polar surface area (TPSA) is 202 Å². The van der Waals surface area contributed by atoms with Crippen molar-refractivity contribution in [1.82, 2.24) is 18.9 Å². The van der Waals surface area contributed by atoms with Crippen LogP contribution in [-0.4, -0.2) is 69.5 Å². The first kappa shape index (κ1) is 31.7. The van der Waals surface area contributed by atoms with Crippen LogP contribution in [0.5, 0.6) is 0 Å². The number of aryl methyl sites for hydroxylation is 2. The van der Waals surface area contributed by atoms with Gasteiger partial charge >= 0.3 is 11.7 Å². The van der Waals surface area contributed by atoms with Gasteiger partial charge in [-0.15, -0.1) is 0 Å². The van der Waals surface area contributed by atoms with E-state index in [0.717, 1.165) is 32.0 Å². The van der Waals surface area contributed by atoms with Crippen molar-refractivity contribution in [3.8, 4) is 11.8 Å². The van der Waals surface area contributed by atoms with Crippen LogP contribution in [0.3, 0.4) is 0 Å². The van der Waals surface area contributed by atoms with E-state index in [-0.39, 0.29) is 30.8 Å². The average molecular weight is 616 g/mol. The maximum absolute atomic E-state index is 12.5. The van der Waals surface area contributed by atoms with Crippen LogP contribution in [0, 0.1) is 18.8 Å². The zero-order valence-electron chi connectivity index (χ0n) is 23.7. The molecule has 1 aliphatic heterocycles. The number of carbonyl (C=O) groups excluding carboxylic acids is 1. The largest absolute Gasteiger partial charge is 0.761 e. The molecule has 16 heteroatoms. The number of aromatic nitrogens is 4. The second-order valence-electron chi connectivity index (χ2n) is 9.61. The normalized spacial score (nSPS) is 19.2. The van der Waals surface area contributed by atoms with Gasteiger partial charge in [-0.3, -0.25) is 28.0 Å². The summed E-state index contributed by atoms with van der Waals surface area (Å²) in [5.74, 6) is 4.89. The van der Waals surface area contributed by atoms with E-state index < -0.39 is 50.0 Å². The summed E-state index contributed by atoms with van der Waals surface area (Å²) in [5, 5.41) is 16.6. The van der Waals surface area contributed by atoms with Crippen LogP contribution in [0.15, 0.2) is 46.4 Å². The van der Waals surface area contributed by atoms with Gasteiger partial charge in [-0.2, -0.15) is 0 Å². The Balaban J connectivity index is 1.33. The van der Waals surface area contributed by atoms with Crippen molar-refractivity contribution in [2.45, 2.75) is 44.6 Å². The minimum atomic E-state index is -4.54.